The van der Waals surface area contributed by atoms with Crippen molar-refractivity contribution >= 4 is 5.82 Å². The largest absolute Gasteiger partial charge is 0.381 e. The molecule has 7 nitrogen and oxygen atoms in total. The van der Waals surface area contributed by atoms with Gasteiger partial charge in [-0.05, 0) is 13.3 Å². The van der Waals surface area contributed by atoms with E-state index in [9.17, 15) is 5.11 Å². The van der Waals surface area contributed by atoms with Crippen LogP contribution in [0.3, 0.4) is 0 Å². The third-order valence-electron chi connectivity index (χ3n) is 3.70. The van der Waals surface area contributed by atoms with E-state index in [-0.39, 0.29) is 0 Å². The van der Waals surface area contributed by atoms with Crippen molar-refractivity contribution in [3.63, 3.8) is 0 Å². The first-order chi connectivity index (χ1) is 9.60. The lowest BCUT2D eigenvalue weighted by atomic mass is 10.0. The van der Waals surface area contributed by atoms with Crippen molar-refractivity contribution in [2.45, 2.75) is 32.3 Å². The molecule has 3 heterocycles. The summed E-state index contributed by atoms with van der Waals surface area (Å²) in [5, 5.41) is 21.0. The van der Waals surface area contributed by atoms with Gasteiger partial charge in [0.2, 0.25) is 0 Å². The molecule has 0 saturated carbocycles. The Bertz CT molecular complexity index is 599. The SMILES string of the molecule is CCc1cc(N2CC[C@@](O)(c3cn[nH]n3)C2)nc(C)n1. The number of nitrogens with zero attached hydrogens (tertiary/aromatic N) is 5. The second-order valence-corrected chi connectivity index (χ2v) is 5.18. The molecule has 1 aliphatic heterocycles. The van der Waals surface area contributed by atoms with Gasteiger partial charge in [-0.3, -0.25) is 0 Å². The zero-order valence-corrected chi connectivity index (χ0v) is 11.7. The fraction of sp³-hybridized carbons (Fsp3) is 0.538. The number of aromatic amines is 1. The average molecular weight is 274 g/mol. The molecule has 2 N–H and O–H groups in total. The van der Waals surface area contributed by atoms with Gasteiger partial charge in [0.15, 0.2) is 0 Å². The predicted octanol–water partition coefficient (Wildman–Crippen LogP) is 0.563. The number of nitrogens with one attached hydrogen (secondary N) is 1. The van der Waals surface area contributed by atoms with Crippen LogP contribution in [0.4, 0.5) is 5.82 Å². The Balaban J connectivity index is 1.85. The van der Waals surface area contributed by atoms with Gasteiger partial charge in [-0.1, -0.05) is 6.92 Å². The van der Waals surface area contributed by atoms with Crippen LogP contribution >= 0.6 is 0 Å². The summed E-state index contributed by atoms with van der Waals surface area (Å²) in [5.74, 6) is 1.63. The number of aromatic nitrogens is 5. The smallest absolute Gasteiger partial charge is 0.132 e. The molecule has 20 heavy (non-hydrogen) atoms. The Morgan fingerprint density at radius 1 is 1.45 bits per heavy atom. The van der Waals surface area contributed by atoms with Crippen molar-refractivity contribution in [2.24, 2.45) is 0 Å². The molecule has 106 valence electrons. The highest BCUT2D eigenvalue weighted by Gasteiger charge is 2.40. The summed E-state index contributed by atoms with van der Waals surface area (Å²) in [7, 11) is 0. The highest BCUT2D eigenvalue weighted by Crippen LogP contribution is 2.32. The molecule has 2 aromatic rings. The van der Waals surface area contributed by atoms with Gasteiger partial charge in [0.1, 0.15) is 22.9 Å². The number of hydrogen-bond acceptors (Lipinski definition) is 6. The summed E-state index contributed by atoms with van der Waals surface area (Å²) < 4.78 is 0. The summed E-state index contributed by atoms with van der Waals surface area (Å²) in [6, 6.07) is 1.99. The summed E-state index contributed by atoms with van der Waals surface area (Å²) in [4.78, 5) is 10.9. The molecular formula is C13H18N6O. The van der Waals surface area contributed by atoms with E-state index in [0.717, 1.165) is 30.3 Å². The standard InChI is InChI=1S/C13H18N6O/c1-3-10-6-12(16-9(2)15-10)19-5-4-13(20,8-19)11-7-14-18-17-11/h6-7,20H,3-5,8H2,1-2H3,(H,14,17,18)/t13-/m0/s1. The lowest BCUT2D eigenvalue weighted by Crippen LogP contribution is -2.31. The minimum absolute atomic E-state index is 0.471. The summed E-state index contributed by atoms with van der Waals surface area (Å²) in [5.41, 5.74) is 0.643. The second-order valence-electron chi connectivity index (χ2n) is 5.18. The molecular weight excluding hydrogens is 256 g/mol. The van der Waals surface area contributed by atoms with Crippen molar-refractivity contribution in [3.05, 3.63) is 29.5 Å². The van der Waals surface area contributed by atoms with Gasteiger partial charge in [-0.15, -0.1) is 0 Å². The van der Waals surface area contributed by atoms with Crippen LogP contribution in [0.1, 0.15) is 30.6 Å². The highest BCUT2D eigenvalue weighted by molar-refractivity contribution is 5.43. The van der Waals surface area contributed by atoms with Crippen LogP contribution in [0.5, 0.6) is 0 Å². The average Bonchev–Trinajstić information content (AvgIpc) is 3.08. The van der Waals surface area contributed by atoms with Crippen molar-refractivity contribution in [3.8, 4) is 0 Å². The van der Waals surface area contributed by atoms with Crippen LogP contribution in [0.25, 0.3) is 0 Å². The van der Waals surface area contributed by atoms with Crippen LogP contribution in [0, 0.1) is 6.92 Å². The van der Waals surface area contributed by atoms with Gasteiger partial charge in [0.25, 0.3) is 0 Å². The van der Waals surface area contributed by atoms with Gasteiger partial charge >= 0.3 is 0 Å². The minimum Gasteiger partial charge on any atom is -0.381 e. The molecule has 1 saturated heterocycles. The quantitative estimate of drug-likeness (QED) is 0.850. The van der Waals surface area contributed by atoms with Crippen molar-refractivity contribution in [2.75, 3.05) is 18.0 Å². The van der Waals surface area contributed by atoms with Gasteiger partial charge in [-0.2, -0.15) is 15.4 Å². The van der Waals surface area contributed by atoms with E-state index >= 15 is 0 Å². The number of aliphatic hydroxyl groups is 1. The molecule has 2 aromatic heterocycles. The Labute approximate surface area is 117 Å². The molecule has 0 bridgehead atoms. The van der Waals surface area contributed by atoms with E-state index in [1.165, 1.54) is 0 Å². The van der Waals surface area contributed by atoms with Crippen molar-refractivity contribution in [1.82, 2.24) is 25.4 Å². The predicted molar refractivity (Wildman–Crippen MR) is 73.3 cm³/mol. The zero-order chi connectivity index (χ0) is 14.2. The Kier molecular flexibility index (Phi) is 3.13. The normalized spacial score (nSPS) is 22.4. The molecule has 0 aliphatic carbocycles. The van der Waals surface area contributed by atoms with Gasteiger partial charge in [0.05, 0.1) is 12.7 Å². The van der Waals surface area contributed by atoms with E-state index in [2.05, 4.69) is 37.2 Å². The molecule has 3 rings (SSSR count). The maximum absolute atomic E-state index is 10.7. The lowest BCUT2D eigenvalue weighted by Gasteiger charge is -2.22. The Morgan fingerprint density at radius 2 is 2.30 bits per heavy atom. The summed E-state index contributed by atoms with van der Waals surface area (Å²) in [6.07, 6.45) is 3.06. The van der Waals surface area contributed by atoms with Crippen LogP contribution in [-0.4, -0.2) is 43.6 Å². The Hall–Kier alpha value is -2.02. The maximum Gasteiger partial charge on any atom is 0.132 e. The molecule has 0 unspecified atom stereocenters. The molecule has 1 fully saturated rings. The topological polar surface area (TPSA) is 90.8 Å². The number of anilines is 1. The second kappa shape index (κ2) is 4.82. The fourth-order valence-electron chi connectivity index (χ4n) is 2.58. The third kappa shape index (κ3) is 2.24. The molecule has 0 amide bonds. The summed E-state index contributed by atoms with van der Waals surface area (Å²) in [6.45, 7) is 5.17. The van der Waals surface area contributed by atoms with Crippen molar-refractivity contribution < 1.29 is 5.11 Å². The van der Waals surface area contributed by atoms with Gasteiger partial charge < -0.3 is 10.0 Å². The van der Waals surface area contributed by atoms with Crippen LogP contribution in [0.2, 0.25) is 0 Å². The molecule has 0 spiro atoms. The van der Waals surface area contributed by atoms with Crippen LogP contribution < -0.4 is 4.90 Å². The molecule has 0 aromatic carbocycles. The van der Waals surface area contributed by atoms with Crippen LogP contribution in [0.15, 0.2) is 12.3 Å². The Morgan fingerprint density at radius 3 is 3.00 bits per heavy atom. The first-order valence-electron chi connectivity index (χ1n) is 6.79. The van der Waals surface area contributed by atoms with Gasteiger partial charge in [0, 0.05) is 24.7 Å². The van der Waals surface area contributed by atoms with E-state index in [0.29, 0.717) is 18.7 Å². The molecule has 0 radical (unpaired) electrons. The number of rotatable bonds is 3. The number of β-amino-alcohol motifs (C(OH)–C–C–N with tert-alkyl or cyclic N) is 1. The highest BCUT2D eigenvalue weighted by atomic mass is 16.3. The minimum atomic E-state index is -0.960. The summed E-state index contributed by atoms with van der Waals surface area (Å²) >= 11 is 0. The number of hydrogen-bond donors (Lipinski definition) is 2. The zero-order valence-electron chi connectivity index (χ0n) is 11.7. The molecule has 1 atom stereocenters. The van der Waals surface area contributed by atoms with E-state index < -0.39 is 5.60 Å². The van der Waals surface area contributed by atoms with E-state index in [1.807, 2.05) is 13.0 Å². The molecule has 7 heteroatoms. The van der Waals surface area contributed by atoms with E-state index in [4.69, 9.17) is 0 Å². The van der Waals surface area contributed by atoms with E-state index in [1.54, 1.807) is 6.20 Å². The third-order valence-corrected chi connectivity index (χ3v) is 3.70. The molecule has 1 aliphatic rings. The van der Waals surface area contributed by atoms with Crippen molar-refractivity contribution in [1.29, 1.82) is 0 Å². The first kappa shape index (κ1) is 13.0. The van der Waals surface area contributed by atoms with Crippen LogP contribution in [-0.2, 0) is 12.0 Å². The first-order valence-corrected chi connectivity index (χ1v) is 6.79. The monoisotopic (exact) mass is 274 g/mol. The van der Waals surface area contributed by atoms with Gasteiger partial charge in [-0.25, -0.2) is 9.97 Å². The fourth-order valence-corrected chi connectivity index (χ4v) is 2.58. The number of aryl methyl sites for hydroxylation is 2. The maximum atomic E-state index is 10.7. The lowest BCUT2D eigenvalue weighted by molar-refractivity contribution is 0.0559. The number of H-pyrrole nitrogens is 1.